The molecule has 1 aromatic carbocycles. The summed E-state index contributed by atoms with van der Waals surface area (Å²) in [5.74, 6) is 1.06. The molecule has 0 amide bonds. The Labute approximate surface area is 157 Å². The number of nitrogens with one attached hydrogen (secondary N) is 2. The van der Waals surface area contributed by atoms with Crippen LogP contribution in [0.5, 0.6) is 11.5 Å². The number of ether oxygens (including phenoxy) is 3. The minimum Gasteiger partial charge on any atom is -0.493 e. The zero-order valence-corrected chi connectivity index (χ0v) is 15.8. The van der Waals surface area contributed by atoms with Crippen LogP contribution in [-0.4, -0.2) is 53.9 Å². The molecule has 11 heteroatoms. The zero-order chi connectivity index (χ0) is 19.9. The summed E-state index contributed by atoms with van der Waals surface area (Å²) in [5.41, 5.74) is 1.63. The van der Waals surface area contributed by atoms with Crippen molar-refractivity contribution in [3.63, 3.8) is 0 Å². The van der Waals surface area contributed by atoms with Crippen LogP contribution in [0.25, 0.3) is 10.9 Å². The van der Waals surface area contributed by atoms with Crippen molar-refractivity contribution in [2.75, 3.05) is 45.8 Å². The molecule has 1 heterocycles. The number of hydrogen-bond donors (Lipinski definition) is 3. The average molecular weight is 395 g/mol. The molecule has 0 bridgehead atoms. The van der Waals surface area contributed by atoms with Crippen LogP contribution in [0, 0.1) is 11.3 Å². The molecular weight excluding hydrogens is 374 g/mol. The van der Waals surface area contributed by atoms with E-state index in [9.17, 15) is 13.7 Å². The van der Waals surface area contributed by atoms with Gasteiger partial charge in [-0.05, 0) is 6.07 Å². The van der Waals surface area contributed by atoms with Gasteiger partial charge in [-0.2, -0.15) is 13.7 Å². The third-order valence-electron chi connectivity index (χ3n) is 3.59. The van der Waals surface area contributed by atoms with Crippen LogP contribution in [0.4, 0.5) is 5.69 Å². The number of benzene rings is 1. The summed E-state index contributed by atoms with van der Waals surface area (Å²) in [6.07, 6.45) is 1.48. The molecule has 0 fully saturated rings. The molecule has 2 aromatic rings. The van der Waals surface area contributed by atoms with E-state index in [2.05, 4.69) is 21.1 Å². The maximum Gasteiger partial charge on any atom is 0.274 e. The first-order valence-electron chi connectivity index (χ1n) is 7.93. The van der Waals surface area contributed by atoms with Crippen LogP contribution in [-0.2, 0) is 14.9 Å². The number of anilines is 1. The molecule has 10 nitrogen and oxygen atoms in total. The van der Waals surface area contributed by atoms with Gasteiger partial charge in [-0.15, -0.1) is 0 Å². The number of fused-ring (bicyclic) bond motifs is 1. The molecule has 27 heavy (non-hydrogen) atoms. The van der Waals surface area contributed by atoms with Gasteiger partial charge in [0.1, 0.15) is 6.07 Å². The van der Waals surface area contributed by atoms with Gasteiger partial charge in [0.2, 0.25) is 0 Å². The topological polar surface area (TPSA) is 149 Å². The first kappa shape index (κ1) is 20.7. The van der Waals surface area contributed by atoms with Gasteiger partial charge < -0.3 is 19.5 Å². The predicted molar refractivity (Wildman–Crippen MR) is 100.0 cm³/mol. The van der Waals surface area contributed by atoms with Crippen molar-refractivity contribution in [2.45, 2.75) is 0 Å². The number of aromatic nitrogens is 1. The molecule has 1 aromatic heterocycles. The van der Waals surface area contributed by atoms with Gasteiger partial charge in [0, 0.05) is 30.7 Å². The maximum absolute atomic E-state index is 10.7. The van der Waals surface area contributed by atoms with Crippen molar-refractivity contribution >= 4 is 26.8 Å². The van der Waals surface area contributed by atoms with Crippen molar-refractivity contribution in [3.05, 3.63) is 23.9 Å². The van der Waals surface area contributed by atoms with Crippen LogP contribution in [0.2, 0.25) is 0 Å². The summed E-state index contributed by atoms with van der Waals surface area (Å²) < 4.78 is 39.5. The second kappa shape index (κ2) is 9.33. The van der Waals surface area contributed by atoms with E-state index in [0.29, 0.717) is 46.8 Å². The number of nitrogens with zero attached hydrogens (tertiary/aromatic N) is 2. The minimum absolute atomic E-state index is 0.0808. The summed E-state index contributed by atoms with van der Waals surface area (Å²) in [6.45, 7) is 0.953. The largest absolute Gasteiger partial charge is 0.493 e. The standard InChI is InChI=1S/C16H21N5O5S/c1-24-14-7-12-13(8-15(14)25-2)20-10-11(9-17)16(12)19-3-5-26-6-4-21-27(18,22)23/h7-8,10,21H,3-6H2,1-2H3,(H,19,20)(H2,18,22,23). The molecule has 0 saturated carbocycles. The second-order valence-electron chi connectivity index (χ2n) is 5.36. The number of nitrogens with two attached hydrogens (primary N) is 1. The Bertz CT molecular complexity index is 942. The number of pyridine rings is 1. The van der Waals surface area contributed by atoms with E-state index in [1.807, 2.05) is 0 Å². The Morgan fingerprint density at radius 1 is 1.19 bits per heavy atom. The van der Waals surface area contributed by atoms with E-state index >= 15 is 0 Å². The zero-order valence-electron chi connectivity index (χ0n) is 15.0. The normalized spacial score (nSPS) is 11.2. The SMILES string of the molecule is COc1cc2ncc(C#N)c(NCCOCCNS(N)(=O)=O)c2cc1OC. The Morgan fingerprint density at radius 3 is 2.48 bits per heavy atom. The number of hydrogen-bond acceptors (Lipinski definition) is 8. The highest BCUT2D eigenvalue weighted by Gasteiger charge is 2.13. The molecule has 2 rings (SSSR count). The Kier molecular flexibility index (Phi) is 7.14. The summed E-state index contributed by atoms with van der Waals surface area (Å²) in [6, 6.07) is 5.59. The van der Waals surface area contributed by atoms with Gasteiger partial charge in [0.15, 0.2) is 11.5 Å². The summed E-state index contributed by atoms with van der Waals surface area (Å²) in [7, 11) is -0.650. The van der Waals surface area contributed by atoms with Crippen LogP contribution >= 0.6 is 0 Å². The van der Waals surface area contributed by atoms with Crippen LogP contribution in [0.1, 0.15) is 5.56 Å². The highest BCUT2D eigenvalue weighted by Crippen LogP contribution is 2.35. The Morgan fingerprint density at radius 2 is 1.85 bits per heavy atom. The number of rotatable bonds is 10. The van der Waals surface area contributed by atoms with Gasteiger partial charge in [0.25, 0.3) is 10.2 Å². The highest BCUT2D eigenvalue weighted by atomic mass is 32.2. The van der Waals surface area contributed by atoms with Crippen molar-refractivity contribution in [2.24, 2.45) is 5.14 Å². The highest BCUT2D eigenvalue weighted by molar-refractivity contribution is 7.87. The molecule has 146 valence electrons. The third kappa shape index (κ3) is 5.66. The maximum atomic E-state index is 10.7. The van der Waals surface area contributed by atoms with E-state index < -0.39 is 10.2 Å². The lowest BCUT2D eigenvalue weighted by Crippen LogP contribution is -2.33. The monoisotopic (exact) mass is 395 g/mol. The van der Waals surface area contributed by atoms with Crippen molar-refractivity contribution in [3.8, 4) is 17.6 Å². The molecule has 0 aliphatic heterocycles. The molecule has 0 radical (unpaired) electrons. The smallest absolute Gasteiger partial charge is 0.274 e. The summed E-state index contributed by atoms with van der Waals surface area (Å²) in [4.78, 5) is 4.28. The van der Waals surface area contributed by atoms with Crippen LogP contribution in [0.3, 0.4) is 0 Å². The molecule has 0 atom stereocenters. The molecule has 4 N–H and O–H groups in total. The summed E-state index contributed by atoms with van der Waals surface area (Å²) >= 11 is 0. The third-order valence-corrected chi connectivity index (χ3v) is 4.20. The lowest BCUT2D eigenvalue weighted by molar-refractivity contribution is 0.149. The van der Waals surface area contributed by atoms with Crippen molar-refractivity contribution in [1.29, 1.82) is 5.26 Å². The first-order chi connectivity index (χ1) is 12.9. The summed E-state index contributed by atoms with van der Waals surface area (Å²) in [5, 5.41) is 18.0. The van der Waals surface area contributed by atoms with Gasteiger partial charge in [-0.3, -0.25) is 4.98 Å². The van der Waals surface area contributed by atoms with E-state index in [0.717, 1.165) is 0 Å². The van der Waals surface area contributed by atoms with E-state index in [-0.39, 0.29) is 13.2 Å². The van der Waals surface area contributed by atoms with E-state index in [1.165, 1.54) is 20.4 Å². The lowest BCUT2D eigenvalue weighted by atomic mass is 10.1. The molecule has 0 aliphatic carbocycles. The molecule has 0 spiro atoms. The molecular formula is C16H21N5O5S. The Hall–Kier alpha value is -2.65. The fourth-order valence-corrected chi connectivity index (χ4v) is 2.77. The van der Waals surface area contributed by atoms with Crippen LogP contribution < -0.4 is 24.7 Å². The van der Waals surface area contributed by atoms with Gasteiger partial charge in [-0.25, -0.2) is 9.86 Å². The van der Waals surface area contributed by atoms with Gasteiger partial charge in [-0.1, -0.05) is 0 Å². The van der Waals surface area contributed by atoms with Crippen molar-refractivity contribution < 1.29 is 22.6 Å². The fraction of sp³-hybridized carbons (Fsp3) is 0.375. The second-order valence-corrected chi connectivity index (χ2v) is 6.74. The average Bonchev–Trinajstić information content (AvgIpc) is 2.64. The van der Waals surface area contributed by atoms with Crippen molar-refractivity contribution in [1.82, 2.24) is 9.71 Å². The first-order valence-corrected chi connectivity index (χ1v) is 9.48. The quantitative estimate of drug-likeness (QED) is 0.488. The lowest BCUT2D eigenvalue weighted by Gasteiger charge is -2.14. The van der Waals surface area contributed by atoms with E-state index in [4.69, 9.17) is 19.3 Å². The van der Waals surface area contributed by atoms with E-state index in [1.54, 1.807) is 12.1 Å². The minimum atomic E-state index is -3.72. The number of nitriles is 1. The predicted octanol–water partition coefficient (Wildman–Crippen LogP) is 0.345. The number of methoxy groups -OCH3 is 2. The van der Waals surface area contributed by atoms with Gasteiger partial charge in [0.05, 0.1) is 44.2 Å². The molecule has 0 aliphatic rings. The van der Waals surface area contributed by atoms with Crippen LogP contribution in [0.15, 0.2) is 18.3 Å². The molecule has 0 unspecified atom stereocenters. The molecule has 0 saturated heterocycles. The Balaban J connectivity index is 2.08. The van der Waals surface area contributed by atoms with Gasteiger partial charge >= 0.3 is 0 Å². The fourth-order valence-electron chi connectivity index (χ4n) is 2.40.